The minimum atomic E-state index is -1.27. The molecule has 2 aromatic rings. The summed E-state index contributed by atoms with van der Waals surface area (Å²) in [5.74, 6) is -2.33. The van der Waals surface area contributed by atoms with Crippen molar-refractivity contribution in [2.24, 2.45) is 14.1 Å². The summed E-state index contributed by atoms with van der Waals surface area (Å²) in [6.07, 6.45) is 3.25. The van der Waals surface area contributed by atoms with Gasteiger partial charge in [-0.1, -0.05) is 6.92 Å². The molecule has 0 spiro atoms. The van der Waals surface area contributed by atoms with E-state index in [1.54, 1.807) is 7.05 Å². The average Bonchev–Trinajstić information content (AvgIpc) is 3.08. The minimum absolute atomic E-state index is 0.103. The molecule has 24 heavy (non-hydrogen) atoms. The number of aromatic nitrogens is 4. The number of rotatable bonds is 6. The zero-order valence-electron chi connectivity index (χ0n) is 13.5. The molecule has 0 fully saturated rings. The predicted molar refractivity (Wildman–Crippen MR) is 84.0 cm³/mol. The smallest absolute Gasteiger partial charge is 0.354 e. The predicted octanol–water partition coefficient (Wildman–Crippen LogP) is 0.244. The molecule has 0 radical (unpaired) electrons. The van der Waals surface area contributed by atoms with Crippen LogP contribution in [0.15, 0.2) is 12.4 Å². The van der Waals surface area contributed by atoms with Crippen LogP contribution in [0, 0.1) is 0 Å². The number of aryl methyl sites for hydroxylation is 2. The molecule has 0 unspecified atom stereocenters. The molecule has 2 heterocycles. The van der Waals surface area contributed by atoms with E-state index in [0.717, 1.165) is 17.3 Å². The SMILES string of the molecule is CCCNC(=O)c1c(NC(=O)c2cnn(C)c2C(=O)O)cnn1C. The van der Waals surface area contributed by atoms with Gasteiger partial charge in [0.1, 0.15) is 5.69 Å². The Kier molecular flexibility index (Phi) is 4.97. The lowest BCUT2D eigenvalue weighted by atomic mass is 10.2. The van der Waals surface area contributed by atoms with Crippen LogP contribution in [0.5, 0.6) is 0 Å². The number of amides is 2. The first kappa shape index (κ1) is 17.2. The molecule has 2 rings (SSSR count). The zero-order valence-corrected chi connectivity index (χ0v) is 13.5. The molecule has 10 nitrogen and oxygen atoms in total. The van der Waals surface area contributed by atoms with Crippen LogP contribution >= 0.6 is 0 Å². The number of hydrogen-bond donors (Lipinski definition) is 3. The van der Waals surface area contributed by atoms with Crippen molar-refractivity contribution < 1.29 is 19.5 Å². The Morgan fingerprint density at radius 2 is 1.71 bits per heavy atom. The Labute approximate surface area is 137 Å². The summed E-state index contributed by atoms with van der Waals surface area (Å²) in [6, 6.07) is 0. The van der Waals surface area contributed by atoms with Crippen molar-refractivity contribution in [3.63, 3.8) is 0 Å². The van der Waals surface area contributed by atoms with E-state index in [2.05, 4.69) is 20.8 Å². The maximum absolute atomic E-state index is 12.4. The van der Waals surface area contributed by atoms with E-state index in [1.807, 2.05) is 6.92 Å². The number of hydrogen-bond acceptors (Lipinski definition) is 5. The van der Waals surface area contributed by atoms with Crippen molar-refractivity contribution in [1.82, 2.24) is 24.9 Å². The van der Waals surface area contributed by atoms with Crippen molar-refractivity contribution in [1.29, 1.82) is 0 Å². The number of aromatic carboxylic acids is 1. The lowest BCUT2D eigenvalue weighted by Gasteiger charge is -2.08. The topological polar surface area (TPSA) is 131 Å². The molecule has 2 aromatic heterocycles. The number of carbonyl (C=O) groups is 3. The van der Waals surface area contributed by atoms with Crippen LogP contribution < -0.4 is 10.6 Å². The molecule has 128 valence electrons. The van der Waals surface area contributed by atoms with Gasteiger partial charge >= 0.3 is 5.97 Å². The van der Waals surface area contributed by atoms with Crippen LogP contribution in [0.1, 0.15) is 44.7 Å². The standard InChI is InChI=1S/C14H18N6O4/c1-4-5-15-13(22)11-9(7-17-20(11)3)18-12(21)8-6-16-19(2)10(8)14(23)24/h6-7H,4-5H2,1-3H3,(H,15,22)(H,18,21)(H,23,24). The van der Waals surface area contributed by atoms with Crippen LogP contribution in [0.4, 0.5) is 5.69 Å². The van der Waals surface area contributed by atoms with Gasteiger partial charge in [0.05, 0.1) is 23.6 Å². The Morgan fingerprint density at radius 3 is 2.33 bits per heavy atom. The molecule has 0 aromatic carbocycles. The van der Waals surface area contributed by atoms with Crippen molar-refractivity contribution in [2.75, 3.05) is 11.9 Å². The average molecular weight is 334 g/mol. The highest BCUT2D eigenvalue weighted by Gasteiger charge is 2.24. The van der Waals surface area contributed by atoms with Crippen LogP contribution in [0.2, 0.25) is 0 Å². The third-order valence-corrected chi connectivity index (χ3v) is 3.32. The van der Waals surface area contributed by atoms with Crippen molar-refractivity contribution in [3.05, 3.63) is 29.3 Å². The number of nitrogens with zero attached hydrogens (tertiary/aromatic N) is 4. The summed E-state index contributed by atoms with van der Waals surface area (Å²) in [5, 5.41) is 22.1. The van der Waals surface area contributed by atoms with E-state index in [4.69, 9.17) is 0 Å². The lowest BCUT2D eigenvalue weighted by molar-refractivity contribution is 0.0680. The van der Waals surface area contributed by atoms with Gasteiger partial charge in [0.15, 0.2) is 5.69 Å². The van der Waals surface area contributed by atoms with E-state index in [0.29, 0.717) is 6.54 Å². The second-order valence-corrected chi connectivity index (χ2v) is 5.08. The van der Waals surface area contributed by atoms with Gasteiger partial charge in [0, 0.05) is 20.6 Å². The van der Waals surface area contributed by atoms with E-state index < -0.39 is 11.9 Å². The molecule has 0 aliphatic heterocycles. The van der Waals surface area contributed by atoms with Crippen molar-refractivity contribution >= 4 is 23.5 Å². The first-order valence-corrected chi connectivity index (χ1v) is 7.23. The molecule has 0 bridgehead atoms. The van der Waals surface area contributed by atoms with Gasteiger partial charge < -0.3 is 15.7 Å². The molecule has 0 atom stereocenters. The molecule has 0 saturated heterocycles. The Balaban J connectivity index is 2.28. The van der Waals surface area contributed by atoms with E-state index in [9.17, 15) is 19.5 Å². The molecular weight excluding hydrogens is 316 g/mol. The van der Waals surface area contributed by atoms with Gasteiger partial charge in [-0.25, -0.2) is 4.79 Å². The first-order chi connectivity index (χ1) is 11.4. The number of anilines is 1. The normalized spacial score (nSPS) is 10.5. The molecular formula is C14H18N6O4. The number of carboxylic acids is 1. The van der Waals surface area contributed by atoms with Crippen molar-refractivity contribution in [2.45, 2.75) is 13.3 Å². The molecule has 2 amide bonds. The third kappa shape index (κ3) is 3.26. The molecule has 0 saturated carbocycles. The van der Waals surface area contributed by atoms with Crippen LogP contribution in [-0.4, -0.2) is 49.0 Å². The van der Waals surface area contributed by atoms with E-state index in [1.165, 1.54) is 17.9 Å². The van der Waals surface area contributed by atoms with Crippen LogP contribution in [-0.2, 0) is 14.1 Å². The van der Waals surface area contributed by atoms with Crippen LogP contribution in [0.3, 0.4) is 0 Å². The van der Waals surface area contributed by atoms with E-state index in [-0.39, 0.29) is 28.5 Å². The van der Waals surface area contributed by atoms with E-state index >= 15 is 0 Å². The fourth-order valence-corrected chi connectivity index (χ4v) is 2.17. The molecule has 0 aliphatic carbocycles. The highest BCUT2D eigenvalue weighted by Crippen LogP contribution is 2.17. The molecule has 0 aliphatic rings. The number of carboxylic acid groups (broad SMARTS) is 1. The maximum Gasteiger partial charge on any atom is 0.354 e. The van der Waals surface area contributed by atoms with Gasteiger partial charge in [-0.05, 0) is 6.42 Å². The summed E-state index contributed by atoms with van der Waals surface area (Å²) < 4.78 is 2.43. The van der Waals surface area contributed by atoms with Gasteiger partial charge in [-0.2, -0.15) is 10.2 Å². The summed E-state index contributed by atoms with van der Waals surface area (Å²) in [7, 11) is 3.00. The summed E-state index contributed by atoms with van der Waals surface area (Å²) >= 11 is 0. The fourth-order valence-electron chi connectivity index (χ4n) is 2.17. The van der Waals surface area contributed by atoms with Crippen molar-refractivity contribution in [3.8, 4) is 0 Å². The quantitative estimate of drug-likeness (QED) is 0.693. The summed E-state index contributed by atoms with van der Waals surface area (Å²) in [4.78, 5) is 35.8. The third-order valence-electron chi connectivity index (χ3n) is 3.32. The largest absolute Gasteiger partial charge is 0.477 e. The number of nitrogens with one attached hydrogen (secondary N) is 2. The van der Waals surface area contributed by atoms with Gasteiger partial charge in [-0.15, -0.1) is 0 Å². The monoisotopic (exact) mass is 334 g/mol. The van der Waals surface area contributed by atoms with Gasteiger partial charge in [0.2, 0.25) is 0 Å². The minimum Gasteiger partial charge on any atom is -0.477 e. The number of carbonyl (C=O) groups excluding carboxylic acids is 2. The Hall–Kier alpha value is -3.17. The van der Waals surface area contributed by atoms with Gasteiger partial charge in [0.25, 0.3) is 11.8 Å². The maximum atomic E-state index is 12.4. The highest BCUT2D eigenvalue weighted by molar-refractivity contribution is 6.12. The summed E-state index contributed by atoms with van der Waals surface area (Å²) in [5.41, 5.74) is 0.0241. The van der Waals surface area contributed by atoms with Gasteiger partial charge in [-0.3, -0.25) is 19.0 Å². The van der Waals surface area contributed by atoms with Crippen LogP contribution in [0.25, 0.3) is 0 Å². The summed E-state index contributed by atoms with van der Waals surface area (Å²) in [6.45, 7) is 2.41. The Morgan fingerprint density at radius 1 is 1.08 bits per heavy atom. The molecule has 10 heteroatoms. The second-order valence-electron chi connectivity index (χ2n) is 5.08. The second kappa shape index (κ2) is 6.94. The molecule has 3 N–H and O–H groups in total. The Bertz CT molecular complexity index is 791. The lowest BCUT2D eigenvalue weighted by Crippen LogP contribution is -2.28. The highest BCUT2D eigenvalue weighted by atomic mass is 16.4. The first-order valence-electron chi connectivity index (χ1n) is 7.23. The fraction of sp³-hybridized carbons (Fsp3) is 0.357. The zero-order chi connectivity index (χ0) is 17.9.